The Labute approximate surface area is 251 Å². The third-order valence-corrected chi connectivity index (χ3v) is 9.34. The summed E-state index contributed by atoms with van der Waals surface area (Å²) >= 11 is 1.29. The second-order valence-corrected chi connectivity index (χ2v) is 12.3. The minimum absolute atomic E-state index is 0.0186. The number of ether oxygens (including phenoxy) is 3. The molecule has 1 aliphatic heterocycles. The number of hydrogen-bond acceptors (Lipinski definition) is 8. The molecule has 222 valence electrons. The van der Waals surface area contributed by atoms with Crippen LogP contribution < -0.4 is 9.64 Å². The summed E-state index contributed by atoms with van der Waals surface area (Å²) in [6.07, 6.45) is 4.45. The highest BCUT2D eigenvalue weighted by Gasteiger charge is 2.37. The largest absolute Gasteiger partial charge is 0.516 e. The number of carbonyl (C=O) groups excluding carboxylic acids is 3. The van der Waals surface area contributed by atoms with Crippen molar-refractivity contribution in [3.05, 3.63) is 71.6 Å². The maximum absolute atomic E-state index is 14.3. The third kappa shape index (κ3) is 7.38. The van der Waals surface area contributed by atoms with E-state index >= 15 is 0 Å². The van der Waals surface area contributed by atoms with E-state index in [4.69, 9.17) is 14.2 Å². The van der Waals surface area contributed by atoms with Crippen molar-refractivity contribution in [2.75, 3.05) is 31.8 Å². The fourth-order valence-electron chi connectivity index (χ4n) is 5.71. The summed E-state index contributed by atoms with van der Waals surface area (Å²) in [5.74, 6) is 0.321. The van der Waals surface area contributed by atoms with Gasteiger partial charge in [0, 0.05) is 16.8 Å². The summed E-state index contributed by atoms with van der Waals surface area (Å²) in [6.45, 7) is 3.39. The van der Waals surface area contributed by atoms with Gasteiger partial charge in [-0.05, 0) is 88.3 Å². The molecule has 0 N–H and O–H groups in total. The van der Waals surface area contributed by atoms with E-state index in [9.17, 15) is 14.4 Å². The van der Waals surface area contributed by atoms with Crippen LogP contribution in [0.3, 0.4) is 0 Å². The van der Waals surface area contributed by atoms with Gasteiger partial charge < -0.3 is 24.0 Å². The molecule has 3 aromatic rings. The minimum atomic E-state index is -0.972. The second-order valence-electron chi connectivity index (χ2n) is 11.2. The van der Waals surface area contributed by atoms with Crippen molar-refractivity contribution < 1.29 is 28.6 Å². The number of hydrogen-bond donors (Lipinski definition) is 0. The summed E-state index contributed by atoms with van der Waals surface area (Å²) in [4.78, 5) is 45.3. The predicted molar refractivity (Wildman–Crippen MR) is 163 cm³/mol. The summed E-state index contributed by atoms with van der Waals surface area (Å²) in [6, 6.07) is 20.2. The van der Waals surface area contributed by atoms with Crippen LogP contribution in [0.15, 0.2) is 66.7 Å². The molecule has 2 aliphatic rings. The van der Waals surface area contributed by atoms with Crippen LogP contribution >= 0.6 is 11.3 Å². The van der Waals surface area contributed by atoms with E-state index < -0.39 is 18.9 Å². The number of piperidine rings is 1. The van der Waals surface area contributed by atoms with Gasteiger partial charge in [0.1, 0.15) is 10.6 Å². The molecule has 2 heterocycles. The summed E-state index contributed by atoms with van der Waals surface area (Å²) in [7, 11) is 2.09. The van der Waals surface area contributed by atoms with E-state index in [1.807, 2.05) is 41.3 Å². The average Bonchev–Trinajstić information content (AvgIpc) is 3.44. The van der Waals surface area contributed by atoms with E-state index in [0.717, 1.165) is 62.1 Å². The van der Waals surface area contributed by atoms with E-state index in [2.05, 4.69) is 18.9 Å². The molecule has 9 heteroatoms. The van der Waals surface area contributed by atoms with Crippen LogP contribution in [0.4, 0.5) is 10.5 Å². The first kappa shape index (κ1) is 29.8. The fourth-order valence-corrected chi connectivity index (χ4v) is 6.76. The Bertz CT molecular complexity index is 1350. The van der Waals surface area contributed by atoms with Gasteiger partial charge in [0.15, 0.2) is 0 Å². The molecule has 1 amide bonds. The molecule has 0 atom stereocenters. The Morgan fingerprint density at radius 3 is 2.19 bits per heavy atom. The summed E-state index contributed by atoms with van der Waals surface area (Å²) < 4.78 is 15.6. The van der Waals surface area contributed by atoms with Crippen molar-refractivity contribution in [1.82, 2.24) is 4.90 Å². The standard InChI is InChI=1S/C33H38N2O6S/c1-23-13-15-25(16-14-23)31(36)35(26-17-19-34(2)20-18-26)28-21-29(24-9-5-3-6-10-24)42-30(28)32(37)39-22-40-33(38)41-27-11-7-4-8-12-27/h3-12,21,23,25-26H,13-20,22H2,1-2H3. The molecule has 0 radical (unpaired) electrons. The monoisotopic (exact) mass is 590 g/mol. The molecule has 2 aromatic carbocycles. The molecular weight excluding hydrogens is 552 g/mol. The SMILES string of the molecule is CC1CCC(C(=O)N(c2cc(-c3ccccc3)sc2C(=O)OCOC(=O)Oc2ccccc2)C2CCN(C)CC2)CC1. The number of benzene rings is 2. The highest BCUT2D eigenvalue weighted by molar-refractivity contribution is 7.18. The highest BCUT2D eigenvalue weighted by Crippen LogP contribution is 2.41. The first-order valence-corrected chi connectivity index (χ1v) is 15.5. The minimum Gasteiger partial charge on any atom is -0.423 e. The van der Waals surface area contributed by atoms with E-state index in [-0.39, 0.29) is 17.9 Å². The van der Waals surface area contributed by atoms with Crippen LogP contribution in [0.25, 0.3) is 10.4 Å². The van der Waals surface area contributed by atoms with Crippen LogP contribution in [0.1, 0.15) is 55.1 Å². The van der Waals surface area contributed by atoms with Crippen LogP contribution in [0, 0.1) is 11.8 Å². The Morgan fingerprint density at radius 1 is 0.881 bits per heavy atom. The zero-order chi connectivity index (χ0) is 29.5. The zero-order valence-corrected chi connectivity index (χ0v) is 25.0. The molecule has 2 fully saturated rings. The van der Waals surface area contributed by atoms with Gasteiger partial charge in [-0.1, -0.05) is 55.5 Å². The number of anilines is 1. The Balaban J connectivity index is 1.40. The van der Waals surface area contributed by atoms with E-state index in [0.29, 0.717) is 22.2 Å². The van der Waals surface area contributed by atoms with Crippen molar-refractivity contribution >= 4 is 35.1 Å². The Morgan fingerprint density at radius 2 is 1.52 bits per heavy atom. The van der Waals surface area contributed by atoms with Gasteiger partial charge in [0.2, 0.25) is 12.7 Å². The summed E-state index contributed by atoms with van der Waals surface area (Å²) in [5, 5.41) is 0. The van der Waals surface area contributed by atoms with Gasteiger partial charge in [0.05, 0.1) is 5.69 Å². The van der Waals surface area contributed by atoms with Crippen LogP contribution in [-0.2, 0) is 14.3 Å². The third-order valence-electron chi connectivity index (χ3n) is 8.18. The van der Waals surface area contributed by atoms with Gasteiger partial charge in [-0.25, -0.2) is 9.59 Å². The van der Waals surface area contributed by atoms with Crippen molar-refractivity contribution in [2.24, 2.45) is 11.8 Å². The molecule has 42 heavy (non-hydrogen) atoms. The Hall–Kier alpha value is -3.69. The molecule has 0 bridgehead atoms. The van der Waals surface area contributed by atoms with Crippen LogP contribution in [-0.4, -0.2) is 55.9 Å². The molecule has 0 spiro atoms. The molecule has 8 nitrogen and oxygen atoms in total. The summed E-state index contributed by atoms with van der Waals surface area (Å²) in [5.41, 5.74) is 1.53. The normalized spacial score (nSPS) is 19.6. The fraction of sp³-hybridized carbons (Fsp3) is 0.424. The van der Waals surface area contributed by atoms with Crippen LogP contribution in [0.2, 0.25) is 0 Å². The van der Waals surface area contributed by atoms with Gasteiger partial charge in [-0.2, -0.15) is 0 Å². The first-order valence-electron chi connectivity index (χ1n) is 14.7. The van der Waals surface area contributed by atoms with E-state index in [1.165, 1.54) is 11.3 Å². The lowest BCUT2D eigenvalue weighted by atomic mass is 9.82. The molecular formula is C33H38N2O6S. The Kier molecular flexibility index (Phi) is 9.92. The number of carbonyl (C=O) groups is 3. The number of amides is 1. The quantitative estimate of drug-likeness (QED) is 0.159. The topological polar surface area (TPSA) is 85.4 Å². The smallest absolute Gasteiger partial charge is 0.423 e. The molecule has 0 unspecified atom stereocenters. The first-order chi connectivity index (χ1) is 20.4. The molecule has 1 aliphatic carbocycles. The lowest BCUT2D eigenvalue weighted by Gasteiger charge is -2.40. The number of esters is 1. The lowest BCUT2D eigenvalue weighted by molar-refractivity contribution is -0.124. The van der Waals surface area contributed by atoms with Crippen molar-refractivity contribution in [1.29, 1.82) is 0 Å². The van der Waals surface area contributed by atoms with Gasteiger partial charge in [0.25, 0.3) is 0 Å². The van der Waals surface area contributed by atoms with Gasteiger partial charge in [-0.3, -0.25) is 4.79 Å². The number of rotatable bonds is 8. The number of likely N-dealkylation sites (tertiary alicyclic amines) is 1. The van der Waals surface area contributed by atoms with Crippen molar-refractivity contribution in [3.8, 4) is 16.2 Å². The maximum atomic E-state index is 14.3. The second kappa shape index (κ2) is 14.0. The molecule has 1 saturated carbocycles. The number of thiophene rings is 1. The van der Waals surface area contributed by atoms with Gasteiger partial charge in [-0.15, -0.1) is 11.3 Å². The predicted octanol–water partition coefficient (Wildman–Crippen LogP) is 7.00. The van der Waals surface area contributed by atoms with Crippen LogP contribution in [0.5, 0.6) is 5.75 Å². The number of para-hydroxylation sites is 1. The van der Waals surface area contributed by atoms with Gasteiger partial charge >= 0.3 is 12.1 Å². The molecule has 1 saturated heterocycles. The van der Waals surface area contributed by atoms with Crippen molar-refractivity contribution in [3.63, 3.8) is 0 Å². The molecule has 1 aromatic heterocycles. The van der Waals surface area contributed by atoms with E-state index in [1.54, 1.807) is 30.3 Å². The average molecular weight is 591 g/mol. The number of nitrogens with zero attached hydrogens (tertiary/aromatic N) is 2. The molecule has 5 rings (SSSR count). The zero-order valence-electron chi connectivity index (χ0n) is 24.2. The van der Waals surface area contributed by atoms with Crippen molar-refractivity contribution in [2.45, 2.75) is 51.5 Å². The highest BCUT2D eigenvalue weighted by atomic mass is 32.1. The maximum Gasteiger partial charge on any atom is 0.516 e. The lowest BCUT2D eigenvalue weighted by Crippen LogP contribution is -2.49.